The van der Waals surface area contributed by atoms with Gasteiger partial charge in [-0.25, -0.2) is 12.8 Å². The number of nitrogens with zero attached hydrogens (tertiary/aromatic N) is 2. The van der Waals surface area contributed by atoms with Crippen molar-refractivity contribution in [3.63, 3.8) is 0 Å². The molecule has 7 heteroatoms. The maximum Gasteiger partial charge on any atom is 0.245 e. The number of rotatable bonds is 3. The summed E-state index contributed by atoms with van der Waals surface area (Å²) in [6.45, 7) is 1.70. The van der Waals surface area contributed by atoms with E-state index in [4.69, 9.17) is 5.73 Å². The van der Waals surface area contributed by atoms with Crippen molar-refractivity contribution in [2.45, 2.75) is 23.8 Å². The van der Waals surface area contributed by atoms with Crippen LogP contribution < -0.4 is 5.73 Å². The van der Waals surface area contributed by atoms with Crippen molar-refractivity contribution in [3.05, 3.63) is 24.0 Å². The van der Waals surface area contributed by atoms with Gasteiger partial charge in [0.1, 0.15) is 10.7 Å². The van der Waals surface area contributed by atoms with Crippen LogP contribution in [0.2, 0.25) is 0 Å². The first-order chi connectivity index (χ1) is 9.34. The summed E-state index contributed by atoms with van der Waals surface area (Å²) < 4.78 is 39.9. The number of likely N-dealkylation sites (tertiary alicyclic amines) is 1. The molecule has 1 saturated heterocycles. The van der Waals surface area contributed by atoms with Gasteiger partial charge in [-0.15, -0.1) is 0 Å². The van der Waals surface area contributed by atoms with Crippen LogP contribution in [-0.2, 0) is 10.0 Å². The third kappa shape index (κ3) is 2.79. The van der Waals surface area contributed by atoms with E-state index in [0.29, 0.717) is 0 Å². The standard InChI is InChI=1S/C13H20FN3O2S/c1-16-8-6-10(7-9-16)17(2)20(18,19)12-5-3-4-11(14)13(12)15/h3-5,10H,6-9,15H2,1-2H3. The number of benzene rings is 1. The van der Waals surface area contributed by atoms with Gasteiger partial charge >= 0.3 is 0 Å². The van der Waals surface area contributed by atoms with Crippen LogP contribution in [0, 0.1) is 5.82 Å². The van der Waals surface area contributed by atoms with E-state index in [2.05, 4.69) is 4.90 Å². The van der Waals surface area contributed by atoms with Gasteiger partial charge < -0.3 is 10.6 Å². The zero-order chi connectivity index (χ0) is 14.9. The molecule has 0 unspecified atom stereocenters. The molecule has 0 aromatic heterocycles. The molecule has 112 valence electrons. The molecular weight excluding hydrogens is 281 g/mol. The van der Waals surface area contributed by atoms with E-state index in [1.165, 1.54) is 23.5 Å². The largest absolute Gasteiger partial charge is 0.395 e. The van der Waals surface area contributed by atoms with Gasteiger partial charge in [0.15, 0.2) is 0 Å². The molecule has 5 nitrogen and oxygen atoms in total. The van der Waals surface area contributed by atoms with Crippen molar-refractivity contribution in [2.24, 2.45) is 0 Å². The lowest BCUT2D eigenvalue weighted by molar-refractivity contribution is 0.197. The Balaban J connectivity index is 2.28. The van der Waals surface area contributed by atoms with Crippen molar-refractivity contribution in [3.8, 4) is 0 Å². The molecule has 1 aromatic carbocycles. The number of para-hydroxylation sites is 1. The highest BCUT2D eigenvalue weighted by atomic mass is 32.2. The van der Waals surface area contributed by atoms with E-state index in [1.807, 2.05) is 7.05 Å². The first kappa shape index (κ1) is 15.2. The molecule has 1 aliphatic heterocycles. The number of piperidine rings is 1. The normalized spacial score (nSPS) is 18.6. The summed E-state index contributed by atoms with van der Waals surface area (Å²) in [5.41, 5.74) is 5.26. The Morgan fingerprint density at radius 1 is 1.35 bits per heavy atom. The molecule has 2 N–H and O–H groups in total. The van der Waals surface area contributed by atoms with Crippen LogP contribution >= 0.6 is 0 Å². The zero-order valence-corrected chi connectivity index (χ0v) is 12.5. The summed E-state index contributed by atoms with van der Waals surface area (Å²) in [5, 5.41) is 0. The smallest absolute Gasteiger partial charge is 0.245 e. The number of halogens is 1. The van der Waals surface area contributed by atoms with Crippen molar-refractivity contribution in [1.29, 1.82) is 0 Å². The fourth-order valence-corrected chi connectivity index (χ4v) is 3.99. The molecule has 0 spiro atoms. The summed E-state index contributed by atoms with van der Waals surface area (Å²) in [5.74, 6) is -0.706. The van der Waals surface area contributed by atoms with Crippen LogP contribution in [0.4, 0.5) is 10.1 Å². The van der Waals surface area contributed by atoms with E-state index in [9.17, 15) is 12.8 Å². The molecule has 0 radical (unpaired) electrons. The predicted molar refractivity (Wildman–Crippen MR) is 76.3 cm³/mol. The van der Waals surface area contributed by atoms with E-state index in [1.54, 1.807) is 0 Å². The summed E-state index contributed by atoms with van der Waals surface area (Å²) in [7, 11) is -0.213. The molecule has 1 fully saturated rings. The Morgan fingerprint density at radius 2 is 1.95 bits per heavy atom. The second-order valence-electron chi connectivity index (χ2n) is 5.21. The predicted octanol–water partition coefficient (Wildman–Crippen LogP) is 1.12. The average Bonchev–Trinajstić information content (AvgIpc) is 2.41. The zero-order valence-electron chi connectivity index (χ0n) is 11.7. The summed E-state index contributed by atoms with van der Waals surface area (Å²) in [6, 6.07) is 3.79. The maximum atomic E-state index is 13.5. The lowest BCUT2D eigenvalue weighted by Gasteiger charge is -2.34. The first-order valence-electron chi connectivity index (χ1n) is 6.54. The quantitative estimate of drug-likeness (QED) is 0.850. The Kier molecular flexibility index (Phi) is 4.31. The van der Waals surface area contributed by atoms with Crippen molar-refractivity contribution in [2.75, 3.05) is 32.9 Å². The number of sulfonamides is 1. The number of nitrogen functional groups attached to an aromatic ring is 1. The lowest BCUT2D eigenvalue weighted by atomic mass is 10.1. The fourth-order valence-electron chi connectivity index (χ4n) is 2.45. The van der Waals surface area contributed by atoms with E-state index in [0.717, 1.165) is 32.0 Å². The van der Waals surface area contributed by atoms with Crippen LogP contribution in [0.3, 0.4) is 0 Å². The summed E-state index contributed by atoms with van der Waals surface area (Å²) in [4.78, 5) is 2.01. The molecule has 1 aliphatic rings. The fraction of sp³-hybridized carbons (Fsp3) is 0.538. The third-order valence-electron chi connectivity index (χ3n) is 3.87. The first-order valence-corrected chi connectivity index (χ1v) is 7.98. The van der Waals surface area contributed by atoms with Gasteiger partial charge in [-0.05, 0) is 45.1 Å². The molecular formula is C13H20FN3O2S. The average molecular weight is 301 g/mol. The van der Waals surface area contributed by atoms with Gasteiger partial charge in [-0.3, -0.25) is 0 Å². The molecule has 1 heterocycles. The maximum absolute atomic E-state index is 13.5. The van der Waals surface area contributed by atoms with E-state index < -0.39 is 15.8 Å². The molecule has 0 saturated carbocycles. The molecule has 0 atom stereocenters. The highest BCUT2D eigenvalue weighted by Crippen LogP contribution is 2.27. The molecule has 0 bridgehead atoms. The van der Waals surface area contributed by atoms with E-state index >= 15 is 0 Å². The Bertz CT molecular complexity index is 583. The Labute approximate surface area is 119 Å². The van der Waals surface area contributed by atoms with Gasteiger partial charge in [0, 0.05) is 13.1 Å². The molecule has 0 aliphatic carbocycles. The SMILES string of the molecule is CN1CCC(N(C)S(=O)(=O)c2cccc(F)c2N)CC1. The number of anilines is 1. The minimum absolute atomic E-state index is 0.0705. The highest BCUT2D eigenvalue weighted by molar-refractivity contribution is 7.89. The lowest BCUT2D eigenvalue weighted by Crippen LogP contribution is -2.44. The highest BCUT2D eigenvalue weighted by Gasteiger charge is 2.31. The number of hydrogen-bond acceptors (Lipinski definition) is 4. The van der Waals surface area contributed by atoms with Crippen molar-refractivity contribution in [1.82, 2.24) is 9.21 Å². The molecule has 0 amide bonds. The Morgan fingerprint density at radius 3 is 2.55 bits per heavy atom. The van der Waals surface area contributed by atoms with Crippen molar-refractivity contribution < 1.29 is 12.8 Å². The van der Waals surface area contributed by atoms with Gasteiger partial charge in [-0.1, -0.05) is 6.07 Å². The van der Waals surface area contributed by atoms with Crippen LogP contribution in [-0.4, -0.2) is 50.8 Å². The summed E-state index contributed by atoms with van der Waals surface area (Å²) >= 11 is 0. The molecule has 1 aromatic rings. The van der Waals surface area contributed by atoms with Gasteiger partial charge in [0.25, 0.3) is 0 Å². The van der Waals surface area contributed by atoms with Gasteiger partial charge in [0.05, 0.1) is 5.69 Å². The second kappa shape index (κ2) is 5.67. The van der Waals surface area contributed by atoms with Crippen LogP contribution in [0.25, 0.3) is 0 Å². The second-order valence-corrected chi connectivity index (χ2v) is 7.17. The van der Waals surface area contributed by atoms with Gasteiger partial charge in [0.2, 0.25) is 10.0 Å². The monoisotopic (exact) mass is 301 g/mol. The number of hydrogen-bond donors (Lipinski definition) is 1. The summed E-state index contributed by atoms with van der Waals surface area (Å²) in [6.07, 6.45) is 1.53. The number of nitrogens with two attached hydrogens (primary N) is 1. The minimum Gasteiger partial charge on any atom is -0.395 e. The minimum atomic E-state index is -3.76. The van der Waals surface area contributed by atoms with Crippen LogP contribution in [0.5, 0.6) is 0 Å². The van der Waals surface area contributed by atoms with Crippen molar-refractivity contribution >= 4 is 15.7 Å². The van der Waals surface area contributed by atoms with Crippen LogP contribution in [0.15, 0.2) is 23.1 Å². The molecule has 20 heavy (non-hydrogen) atoms. The Hall–Kier alpha value is -1.18. The third-order valence-corrected chi connectivity index (χ3v) is 5.84. The molecule has 2 rings (SSSR count). The topological polar surface area (TPSA) is 66.6 Å². The van der Waals surface area contributed by atoms with Gasteiger partial charge in [-0.2, -0.15) is 4.31 Å². The van der Waals surface area contributed by atoms with Crippen LogP contribution in [0.1, 0.15) is 12.8 Å². The van der Waals surface area contributed by atoms with E-state index in [-0.39, 0.29) is 16.6 Å².